The molecule has 0 saturated carbocycles. The highest BCUT2D eigenvalue weighted by Gasteiger charge is 2.57. The number of amides is 5. The third kappa shape index (κ3) is 6.32. The summed E-state index contributed by atoms with van der Waals surface area (Å²) in [4.78, 5) is 59.6. The number of rotatable bonds is 5. The van der Waals surface area contributed by atoms with E-state index in [2.05, 4.69) is 24.1 Å². The molecule has 2 aromatic heterocycles. The van der Waals surface area contributed by atoms with Crippen LogP contribution in [-0.2, 0) is 22.3 Å². The summed E-state index contributed by atoms with van der Waals surface area (Å²) < 4.78 is 54.7. The molecule has 10 nitrogen and oxygen atoms in total. The number of fused-ring (bicyclic) bond motifs is 1. The van der Waals surface area contributed by atoms with Gasteiger partial charge in [0.05, 0.1) is 17.7 Å². The van der Waals surface area contributed by atoms with Gasteiger partial charge in [-0.25, -0.2) is 14.2 Å². The van der Waals surface area contributed by atoms with Gasteiger partial charge in [0.25, 0.3) is 11.8 Å². The molecule has 1 aromatic carbocycles. The number of likely N-dealkylation sites (N-methyl/N-ethyl adjacent to an activating group) is 1. The van der Waals surface area contributed by atoms with Gasteiger partial charge in [-0.05, 0) is 48.7 Å². The van der Waals surface area contributed by atoms with Crippen molar-refractivity contribution < 1.29 is 36.7 Å². The summed E-state index contributed by atoms with van der Waals surface area (Å²) in [6.07, 6.45) is 2.01. The molecule has 4 heterocycles. The summed E-state index contributed by atoms with van der Waals surface area (Å²) in [7, 11) is 1.41. The van der Waals surface area contributed by atoms with Crippen molar-refractivity contribution in [2.24, 2.45) is 0 Å². The third-order valence-corrected chi connectivity index (χ3v) is 7.42. The molecular weight excluding hydrogens is 572 g/mol. The van der Waals surface area contributed by atoms with Crippen LogP contribution >= 0.6 is 0 Å². The minimum Gasteiger partial charge on any atom is -0.343 e. The molecule has 2 aliphatic rings. The first-order valence-corrected chi connectivity index (χ1v) is 13.8. The lowest BCUT2D eigenvalue weighted by molar-refractivity contribution is -0.140. The van der Waals surface area contributed by atoms with E-state index in [1.165, 1.54) is 23.3 Å². The number of imide groups is 1. The number of imidazole rings is 1. The maximum atomic E-state index is 14.0. The van der Waals surface area contributed by atoms with Crippen molar-refractivity contribution in [3.8, 4) is 0 Å². The summed E-state index contributed by atoms with van der Waals surface area (Å²) in [6.45, 7) is 4.01. The third-order valence-electron chi connectivity index (χ3n) is 7.42. The van der Waals surface area contributed by atoms with E-state index in [1.807, 2.05) is 16.5 Å². The zero-order valence-electron chi connectivity index (χ0n) is 23.9. The molecule has 43 heavy (non-hydrogen) atoms. The molecule has 2 aliphatic heterocycles. The Morgan fingerprint density at radius 1 is 1.05 bits per heavy atom. The molecular formula is C29H32F4N6O4. The van der Waals surface area contributed by atoms with Gasteiger partial charge in [0.15, 0.2) is 0 Å². The highest BCUT2D eigenvalue weighted by molar-refractivity contribution is 6.07. The molecule has 3 aromatic rings. The first-order chi connectivity index (χ1) is 20.3. The first kappa shape index (κ1) is 31.4. The average molecular weight is 605 g/mol. The number of carbonyl (C=O) groups is 4. The number of carbonyl (C=O) groups excluding carboxylic acids is 4. The second-order valence-electron chi connectivity index (χ2n) is 10.5. The summed E-state index contributed by atoms with van der Waals surface area (Å²) >= 11 is 0. The van der Waals surface area contributed by atoms with Gasteiger partial charge in [-0.15, -0.1) is 0 Å². The second-order valence-corrected chi connectivity index (χ2v) is 10.5. The van der Waals surface area contributed by atoms with Gasteiger partial charge >= 0.3 is 12.2 Å². The van der Waals surface area contributed by atoms with E-state index in [1.54, 1.807) is 18.6 Å². The Labute approximate surface area is 245 Å². The van der Waals surface area contributed by atoms with Crippen LogP contribution in [0.25, 0.3) is 5.65 Å². The van der Waals surface area contributed by atoms with Crippen molar-refractivity contribution in [3.63, 3.8) is 0 Å². The molecule has 5 amide bonds. The normalized spacial score (nSPS) is 16.5. The summed E-state index contributed by atoms with van der Waals surface area (Å²) in [5.74, 6) is -3.25. The van der Waals surface area contributed by atoms with Crippen molar-refractivity contribution in [3.05, 3.63) is 71.4 Å². The van der Waals surface area contributed by atoms with Crippen LogP contribution in [-0.4, -0.2) is 80.1 Å². The van der Waals surface area contributed by atoms with Gasteiger partial charge in [-0.3, -0.25) is 19.3 Å². The van der Waals surface area contributed by atoms with Crippen molar-refractivity contribution in [1.29, 1.82) is 0 Å². The fourth-order valence-corrected chi connectivity index (χ4v) is 5.18. The molecule has 0 aliphatic carbocycles. The molecule has 2 saturated heterocycles. The van der Waals surface area contributed by atoms with Crippen LogP contribution in [0.2, 0.25) is 0 Å². The molecule has 1 spiro atoms. The number of aromatic nitrogens is 2. The Morgan fingerprint density at radius 2 is 1.72 bits per heavy atom. The minimum atomic E-state index is -4.77. The van der Waals surface area contributed by atoms with Crippen LogP contribution in [0.4, 0.5) is 22.4 Å². The molecule has 0 atom stereocenters. The molecule has 0 unspecified atom stereocenters. The molecule has 2 fully saturated rings. The van der Waals surface area contributed by atoms with Crippen molar-refractivity contribution >= 4 is 29.4 Å². The number of piperidine rings is 1. The topological polar surface area (TPSA) is 107 Å². The van der Waals surface area contributed by atoms with Gasteiger partial charge in [0.1, 0.15) is 17.0 Å². The van der Waals surface area contributed by atoms with Crippen molar-refractivity contribution in [2.75, 3.05) is 26.7 Å². The second kappa shape index (κ2) is 12.4. The van der Waals surface area contributed by atoms with E-state index in [4.69, 9.17) is 0 Å². The Balaban J connectivity index is 0.00000135. The monoisotopic (exact) mass is 604 g/mol. The van der Waals surface area contributed by atoms with Crippen LogP contribution in [0, 0.1) is 5.82 Å². The van der Waals surface area contributed by atoms with Gasteiger partial charge < -0.3 is 19.5 Å². The molecule has 5 rings (SSSR count). The van der Waals surface area contributed by atoms with E-state index in [-0.39, 0.29) is 38.4 Å². The van der Waals surface area contributed by atoms with Crippen LogP contribution in [0.3, 0.4) is 0 Å². The lowest BCUT2D eigenvalue weighted by atomic mass is 9.85. The van der Waals surface area contributed by atoms with Crippen LogP contribution in [0.15, 0.2) is 48.9 Å². The van der Waals surface area contributed by atoms with Crippen LogP contribution < -0.4 is 5.32 Å². The standard InChI is InChI=1S/C26H24F4N6O4.C3H8/c1-33-23(39)25(36(24(33)40)15-16-4-8-34-11-7-31-20(34)12-16)5-9-35(10-6-25)21(37)14-32-22(38)18-13-17(26(28,29)30)2-3-19(18)27;1-3-2/h2-4,7-8,11-13H,5-6,9-10,14-15H2,1H3,(H,32,38);3H2,1-2H3. The number of halogens is 4. The van der Waals surface area contributed by atoms with E-state index in [0.29, 0.717) is 23.8 Å². The number of likely N-dealkylation sites (tertiary alicyclic amines) is 1. The summed E-state index contributed by atoms with van der Waals surface area (Å²) in [5, 5.41) is 2.17. The lowest BCUT2D eigenvalue weighted by Gasteiger charge is -2.42. The predicted octanol–water partition coefficient (Wildman–Crippen LogP) is 4.09. The molecule has 0 radical (unpaired) electrons. The molecule has 0 bridgehead atoms. The number of pyridine rings is 1. The van der Waals surface area contributed by atoms with Crippen LogP contribution in [0.1, 0.15) is 54.6 Å². The van der Waals surface area contributed by atoms with E-state index in [0.717, 1.165) is 10.5 Å². The maximum Gasteiger partial charge on any atom is 0.416 e. The largest absolute Gasteiger partial charge is 0.416 e. The lowest BCUT2D eigenvalue weighted by Crippen LogP contribution is -2.57. The Hall–Kier alpha value is -4.49. The Kier molecular flexibility index (Phi) is 9.07. The molecule has 14 heteroatoms. The number of hydrogen-bond acceptors (Lipinski definition) is 5. The highest BCUT2D eigenvalue weighted by atomic mass is 19.4. The quantitative estimate of drug-likeness (QED) is 0.349. The number of hydrogen-bond donors (Lipinski definition) is 1. The van der Waals surface area contributed by atoms with Gasteiger partial charge in [0, 0.05) is 45.3 Å². The number of nitrogens with zero attached hydrogens (tertiary/aromatic N) is 5. The first-order valence-electron chi connectivity index (χ1n) is 13.8. The number of benzene rings is 1. The zero-order valence-corrected chi connectivity index (χ0v) is 23.9. The van der Waals surface area contributed by atoms with Crippen molar-refractivity contribution in [2.45, 2.75) is 51.4 Å². The number of urea groups is 1. The van der Waals surface area contributed by atoms with Gasteiger partial charge in [-0.1, -0.05) is 20.3 Å². The number of alkyl halides is 3. The molecule has 230 valence electrons. The minimum absolute atomic E-state index is 0.0925. The highest BCUT2D eigenvalue weighted by Crippen LogP contribution is 2.38. The van der Waals surface area contributed by atoms with E-state index >= 15 is 0 Å². The van der Waals surface area contributed by atoms with E-state index < -0.39 is 53.0 Å². The fourth-order valence-electron chi connectivity index (χ4n) is 5.18. The number of nitrogens with one attached hydrogen (secondary N) is 1. The van der Waals surface area contributed by atoms with Gasteiger partial charge in [-0.2, -0.15) is 13.2 Å². The maximum absolute atomic E-state index is 14.0. The smallest absolute Gasteiger partial charge is 0.343 e. The fraction of sp³-hybridized carbons (Fsp3) is 0.414. The average Bonchev–Trinajstić information content (AvgIpc) is 3.50. The van der Waals surface area contributed by atoms with Crippen LogP contribution in [0.5, 0.6) is 0 Å². The Bertz CT molecular complexity index is 1530. The SMILES string of the molecule is CCC.CN1C(=O)N(Cc2ccn3ccnc3c2)C2(CCN(C(=O)CNC(=O)c3cc(C(F)(F)F)ccc3F)CC2)C1=O. The molecule has 1 N–H and O–H groups in total. The summed E-state index contributed by atoms with van der Waals surface area (Å²) in [6, 6.07) is 4.64. The predicted molar refractivity (Wildman–Crippen MR) is 147 cm³/mol. The van der Waals surface area contributed by atoms with Crippen molar-refractivity contribution in [1.82, 2.24) is 29.4 Å². The Morgan fingerprint density at radius 3 is 2.37 bits per heavy atom. The zero-order chi connectivity index (χ0) is 31.5. The van der Waals surface area contributed by atoms with Gasteiger partial charge in [0.2, 0.25) is 5.91 Å². The van der Waals surface area contributed by atoms with E-state index in [9.17, 15) is 36.7 Å². The summed E-state index contributed by atoms with van der Waals surface area (Å²) in [5.41, 5.74) is -1.72.